The maximum atomic E-state index is 13.9. The van der Waals surface area contributed by atoms with E-state index in [9.17, 15) is 4.39 Å². The highest BCUT2D eigenvalue weighted by Gasteiger charge is 2.44. The lowest BCUT2D eigenvalue weighted by molar-refractivity contribution is 0.0950. The first-order valence-corrected chi connectivity index (χ1v) is 11.6. The fraction of sp³-hybridized carbons (Fsp3) is 0.500. The molecule has 1 aromatic carbocycles. The molecule has 1 aliphatic carbocycles. The molecule has 2 saturated heterocycles. The molecule has 3 aliphatic heterocycles. The molecular weight excluding hydrogens is 409 g/mol. The molecular formula is C24H26FN5O2. The number of H-pyrrole nitrogens is 1. The molecule has 7 rings (SSSR count). The number of benzene rings is 1. The molecule has 1 saturated carbocycles. The molecule has 0 amide bonds. The number of hydrogen-bond acceptors (Lipinski definition) is 6. The second-order valence-corrected chi connectivity index (χ2v) is 9.68. The van der Waals surface area contributed by atoms with Crippen LogP contribution in [-0.2, 0) is 4.74 Å². The van der Waals surface area contributed by atoms with Gasteiger partial charge in [-0.3, -0.25) is 4.90 Å². The van der Waals surface area contributed by atoms with E-state index in [4.69, 9.17) is 9.47 Å². The standard InChI is InChI=1S/C24H26FN5O2/c25-16-3-4-17-21(5-16)32-11-20(30-7-14-9-31-10-15(14)8-30)22(17)29-24-18-6-19(13-1-2-13)28-23(18)26-12-27-24/h3-6,12-15,20,22H,1-2,7-11H2,(H2,26,27,28,29)/t14-,15+,20-,22-/m0/s1. The number of fused-ring (bicyclic) bond motifs is 3. The molecule has 3 aromatic rings. The van der Waals surface area contributed by atoms with Crippen LogP contribution in [0.5, 0.6) is 5.75 Å². The third-order valence-corrected chi connectivity index (χ3v) is 7.60. The molecule has 0 bridgehead atoms. The summed E-state index contributed by atoms with van der Waals surface area (Å²) < 4.78 is 25.7. The number of likely N-dealkylation sites (tertiary alicyclic amines) is 1. The molecule has 2 N–H and O–H groups in total. The van der Waals surface area contributed by atoms with E-state index in [0.29, 0.717) is 30.1 Å². The third kappa shape index (κ3) is 3.08. The van der Waals surface area contributed by atoms with Crippen molar-refractivity contribution in [2.45, 2.75) is 30.8 Å². The predicted molar refractivity (Wildman–Crippen MR) is 117 cm³/mol. The molecule has 8 heteroatoms. The van der Waals surface area contributed by atoms with Crippen LogP contribution < -0.4 is 10.1 Å². The summed E-state index contributed by atoms with van der Waals surface area (Å²) in [7, 11) is 0. The van der Waals surface area contributed by atoms with Gasteiger partial charge in [0, 0.05) is 42.2 Å². The van der Waals surface area contributed by atoms with Crippen molar-refractivity contribution < 1.29 is 13.9 Å². The van der Waals surface area contributed by atoms with Crippen LogP contribution in [0.3, 0.4) is 0 Å². The van der Waals surface area contributed by atoms with Crippen LogP contribution in [0.15, 0.2) is 30.6 Å². The van der Waals surface area contributed by atoms with Crippen molar-refractivity contribution in [1.29, 1.82) is 0 Å². The van der Waals surface area contributed by atoms with Gasteiger partial charge < -0.3 is 19.8 Å². The number of hydrogen-bond donors (Lipinski definition) is 2. The van der Waals surface area contributed by atoms with Gasteiger partial charge in [-0.25, -0.2) is 14.4 Å². The molecule has 7 nitrogen and oxygen atoms in total. The van der Waals surface area contributed by atoms with Gasteiger partial charge in [-0.05, 0) is 30.9 Å². The number of anilines is 1. The van der Waals surface area contributed by atoms with Crippen LogP contribution in [0.4, 0.5) is 10.2 Å². The number of aromatic nitrogens is 3. The lowest BCUT2D eigenvalue weighted by Gasteiger charge is -2.40. The summed E-state index contributed by atoms with van der Waals surface area (Å²) in [6.45, 7) is 4.21. The smallest absolute Gasteiger partial charge is 0.143 e. The van der Waals surface area contributed by atoms with Gasteiger partial charge in [0.25, 0.3) is 0 Å². The summed E-state index contributed by atoms with van der Waals surface area (Å²) in [4.78, 5) is 15.0. The Balaban J connectivity index is 1.26. The van der Waals surface area contributed by atoms with Crippen molar-refractivity contribution in [2.24, 2.45) is 11.8 Å². The molecule has 0 radical (unpaired) electrons. The van der Waals surface area contributed by atoms with E-state index in [0.717, 1.165) is 48.7 Å². The Bertz CT molecular complexity index is 1170. The van der Waals surface area contributed by atoms with Gasteiger partial charge in [0.1, 0.15) is 36.0 Å². The summed E-state index contributed by atoms with van der Waals surface area (Å²) in [6.07, 6.45) is 4.06. The van der Waals surface area contributed by atoms with Gasteiger partial charge in [0.05, 0.1) is 30.7 Å². The van der Waals surface area contributed by atoms with Gasteiger partial charge in [-0.15, -0.1) is 0 Å². The fourth-order valence-corrected chi connectivity index (χ4v) is 5.69. The molecule has 166 valence electrons. The zero-order valence-corrected chi connectivity index (χ0v) is 17.8. The second-order valence-electron chi connectivity index (χ2n) is 9.68. The zero-order chi connectivity index (χ0) is 21.2. The quantitative estimate of drug-likeness (QED) is 0.654. The summed E-state index contributed by atoms with van der Waals surface area (Å²) >= 11 is 0. The first kappa shape index (κ1) is 18.8. The van der Waals surface area contributed by atoms with E-state index in [1.165, 1.54) is 30.7 Å². The molecule has 4 atom stereocenters. The lowest BCUT2D eigenvalue weighted by Crippen LogP contribution is -2.48. The van der Waals surface area contributed by atoms with Crippen LogP contribution in [0.1, 0.15) is 36.1 Å². The molecule has 0 unspecified atom stereocenters. The number of nitrogens with one attached hydrogen (secondary N) is 2. The van der Waals surface area contributed by atoms with Crippen LogP contribution in [0, 0.1) is 17.7 Å². The maximum absolute atomic E-state index is 13.9. The highest BCUT2D eigenvalue weighted by Crippen LogP contribution is 2.43. The van der Waals surface area contributed by atoms with E-state index in [2.05, 4.69) is 31.2 Å². The molecule has 2 aromatic heterocycles. The molecule has 4 aliphatic rings. The second kappa shape index (κ2) is 7.15. The number of nitrogens with zero attached hydrogens (tertiary/aromatic N) is 3. The molecule has 32 heavy (non-hydrogen) atoms. The van der Waals surface area contributed by atoms with Crippen molar-refractivity contribution >= 4 is 16.9 Å². The fourth-order valence-electron chi connectivity index (χ4n) is 5.69. The van der Waals surface area contributed by atoms with E-state index in [1.54, 1.807) is 6.33 Å². The van der Waals surface area contributed by atoms with Gasteiger partial charge in [0.15, 0.2) is 0 Å². The van der Waals surface area contributed by atoms with E-state index >= 15 is 0 Å². The zero-order valence-electron chi connectivity index (χ0n) is 17.8. The number of rotatable bonds is 4. The SMILES string of the molecule is Fc1ccc2c(c1)OC[C@H](N1C[C@H]3COC[C@H]3C1)[C@H]2Nc1ncnc2[nH]c(C3CC3)cc12. The van der Waals surface area contributed by atoms with Crippen LogP contribution >= 0.6 is 0 Å². The number of halogens is 1. The van der Waals surface area contributed by atoms with Crippen molar-refractivity contribution in [3.05, 3.63) is 47.7 Å². The Hall–Kier alpha value is -2.71. The van der Waals surface area contributed by atoms with Gasteiger partial charge in [0.2, 0.25) is 0 Å². The first-order valence-electron chi connectivity index (χ1n) is 11.6. The highest BCUT2D eigenvalue weighted by atomic mass is 19.1. The summed E-state index contributed by atoms with van der Waals surface area (Å²) in [5, 5.41) is 4.73. The van der Waals surface area contributed by atoms with Crippen molar-refractivity contribution in [3.8, 4) is 5.75 Å². The lowest BCUT2D eigenvalue weighted by atomic mass is 9.94. The number of aromatic amines is 1. The summed E-state index contributed by atoms with van der Waals surface area (Å²) in [6, 6.07) is 7.11. The van der Waals surface area contributed by atoms with Crippen LogP contribution in [0.2, 0.25) is 0 Å². The first-order chi connectivity index (χ1) is 15.7. The molecule has 0 spiro atoms. The van der Waals surface area contributed by atoms with Crippen molar-refractivity contribution in [1.82, 2.24) is 19.9 Å². The monoisotopic (exact) mass is 435 g/mol. The third-order valence-electron chi connectivity index (χ3n) is 7.60. The predicted octanol–water partition coefficient (Wildman–Crippen LogP) is 3.47. The Labute approximate surface area is 185 Å². The minimum atomic E-state index is -0.280. The number of ether oxygens (including phenoxy) is 2. The van der Waals surface area contributed by atoms with Crippen LogP contribution in [-0.4, -0.2) is 58.8 Å². The Kier molecular flexibility index (Phi) is 4.20. The van der Waals surface area contributed by atoms with Crippen molar-refractivity contribution in [2.75, 3.05) is 38.2 Å². The Morgan fingerprint density at radius 1 is 1.06 bits per heavy atom. The van der Waals surface area contributed by atoms with E-state index in [1.807, 2.05) is 6.07 Å². The minimum absolute atomic E-state index is 0.0588. The molecule has 5 heterocycles. The van der Waals surface area contributed by atoms with Gasteiger partial charge in [-0.1, -0.05) is 6.07 Å². The average Bonchev–Trinajstić information content (AvgIpc) is 3.20. The summed E-state index contributed by atoms with van der Waals surface area (Å²) in [5.74, 6) is 2.93. The maximum Gasteiger partial charge on any atom is 0.143 e. The Morgan fingerprint density at radius 2 is 1.91 bits per heavy atom. The van der Waals surface area contributed by atoms with Crippen LogP contribution in [0.25, 0.3) is 11.0 Å². The summed E-state index contributed by atoms with van der Waals surface area (Å²) in [5.41, 5.74) is 3.07. The topological polar surface area (TPSA) is 75.3 Å². The van der Waals surface area contributed by atoms with E-state index < -0.39 is 0 Å². The minimum Gasteiger partial charge on any atom is -0.491 e. The van der Waals surface area contributed by atoms with Gasteiger partial charge >= 0.3 is 0 Å². The normalized spacial score (nSPS) is 29.7. The molecule has 3 fully saturated rings. The van der Waals surface area contributed by atoms with E-state index in [-0.39, 0.29) is 17.9 Å². The highest BCUT2D eigenvalue weighted by molar-refractivity contribution is 5.88. The van der Waals surface area contributed by atoms with Gasteiger partial charge in [-0.2, -0.15) is 0 Å². The average molecular weight is 436 g/mol. The largest absolute Gasteiger partial charge is 0.491 e. The Morgan fingerprint density at radius 3 is 2.72 bits per heavy atom. The van der Waals surface area contributed by atoms with Crippen molar-refractivity contribution in [3.63, 3.8) is 0 Å².